The number of hydrogen-bond donors (Lipinski definition) is 2. The van der Waals surface area contributed by atoms with Crippen molar-refractivity contribution in [1.29, 1.82) is 0 Å². The smallest absolute Gasteiger partial charge is 0.271 e. The van der Waals surface area contributed by atoms with Crippen LogP contribution in [0.1, 0.15) is 23.3 Å². The third-order valence-electron chi connectivity index (χ3n) is 2.81. The van der Waals surface area contributed by atoms with Crippen LogP contribution in [0.25, 0.3) is 0 Å². The van der Waals surface area contributed by atoms with E-state index < -0.39 is 0 Å². The minimum Gasteiger partial charge on any atom is -0.381 e. The number of aromatic nitrogens is 2. The molecule has 0 unspecified atom stereocenters. The number of imidazole rings is 1. The lowest BCUT2D eigenvalue weighted by atomic mass is 10.1. The second-order valence-corrected chi connectivity index (χ2v) is 4.15. The number of carbonyl (C=O) groups is 1. The van der Waals surface area contributed by atoms with Crippen LogP contribution in [0.2, 0.25) is 0 Å². The van der Waals surface area contributed by atoms with Crippen LogP contribution in [0.5, 0.6) is 0 Å². The van der Waals surface area contributed by atoms with Crippen LogP contribution in [-0.4, -0.2) is 41.3 Å². The predicted octanol–water partition coefficient (Wildman–Crippen LogP) is -0.249. The molecular formula is C11H18N4O2. The molecule has 1 aromatic rings. The minimum atomic E-state index is -0.118. The van der Waals surface area contributed by atoms with Gasteiger partial charge in [-0.25, -0.2) is 4.98 Å². The number of nitrogens with one attached hydrogen (secondary N) is 1. The van der Waals surface area contributed by atoms with Crippen LogP contribution in [0.4, 0.5) is 0 Å². The van der Waals surface area contributed by atoms with Gasteiger partial charge in [0.15, 0.2) is 0 Å². The standard InChI is InChI=1S/C11H18N4O2/c12-3-4-15-7-10(13-8-15)11(16)14-9-1-5-17-6-2-9/h7-9H,1-6,12H2,(H,14,16). The van der Waals surface area contributed by atoms with Crippen molar-refractivity contribution >= 4 is 5.91 Å². The first kappa shape index (κ1) is 12.1. The molecule has 1 aliphatic rings. The Morgan fingerprint density at radius 1 is 1.59 bits per heavy atom. The fraction of sp³-hybridized carbons (Fsp3) is 0.636. The normalized spacial score (nSPS) is 17.0. The molecule has 1 saturated heterocycles. The first-order chi connectivity index (χ1) is 8.29. The van der Waals surface area contributed by atoms with E-state index in [4.69, 9.17) is 10.5 Å². The van der Waals surface area contributed by atoms with Crippen molar-refractivity contribution in [3.05, 3.63) is 18.2 Å². The van der Waals surface area contributed by atoms with E-state index in [1.807, 2.05) is 4.57 Å². The molecule has 0 atom stereocenters. The molecule has 1 aromatic heterocycles. The maximum atomic E-state index is 11.9. The molecule has 0 radical (unpaired) electrons. The molecule has 0 saturated carbocycles. The summed E-state index contributed by atoms with van der Waals surface area (Å²) in [6.07, 6.45) is 5.10. The zero-order valence-corrected chi connectivity index (χ0v) is 9.76. The van der Waals surface area contributed by atoms with Gasteiger partial charge in [-0.1, -0.05) is 0 Å². The average molecular weight is 238 g/mol. The van der Waals surface area contributed by atoms with Gasteiger partial charge in [-0.3, -0.25) is 4.79 Å². The summed E-state index contributed by atoms with van der Waals surface area (Å²) >= 11 is 0. The van der Waals surface area contributed by atoms with Gasteiger partial charge in [0.05, 0.1) is 6.33 Å². The summed E-state index contributed by atoms with van der Waals surface area (Å²) in [6.45, 7) is 2.65. The van der Waals surface area contributed by atoms with Crippen LogP contribution in [0.3, 0.4) is 0 Å². The maximum absolute atomic E-state index is 11.9. The zero-order valence-electron chi connectivity index (χ0n) is 9.76. The van der Waals surface area contributed by atoms with Gasteiger partial charge in [0, 0.05) is 38.5 Å². The summed E-state index contributed by atoms with van der Waals surface area (Å²) in [5.74, 6) is -0.118. The summed E-state index contributed by atoms with van der Waals surface area (Å²) in [5.41, 5.74) is 5.88. The molecule has 94 valence electrons. The SMILES string of the molecule is NCCn1cnc(C(=O)NC2CCOCC2)c1. The molecule has 2 heterocycles. The topological polar surface area (TPSA) is 82.2 Å². The lowest BCUT2D eigenvalue weighted by molar-refractivity contribution is 0.0694. The van der Waals surface area contributed by atoms with Crippen molar-refractivity contribution in [2.45, 2.75) is 25.4 Å². The van der Waals surface area contributed by atoms with E-state index in [-0.39, 0.29) is 11.9 Å². The number of hydrogen-bond acceptors (Lipinski definition) is 4. The van der Waals surface area contributed by atoms with Gasteiger partial charge < -0.3 is 20.4 Å². The molecule has 1 aliphatic heterocycles. The molecule has 0 aromatic carbocycles. The quantitative estimate of drug-likeness (QED) is 0.758. The van der Waals surface area contributed by atoms with Crippen LogP contribution in [0.15, 0.2) is 12.5 Å². The summed E-state index contributed by atoms with van der Waals surface area (Å²) < 4.78 is 7.06. The Morgan fingerprint density at radius 3 is 3.06 bits per heavy atom. The summed E-state index contributed by atoms with van der Waals surface area (Å²) in [5, 5.41) is 2.96. The highest BCUT2D eigenvalue weighted by Gasteiger charge is 2.18. The van der Waals surface area contributed by atoms with Gasteiger partial charge in [-0.15, -0.1) is 0 Å². The predicted molar refractivity (Wildman–Crippen MR) is 62.6 cm³/mol. The van der Waals surface area contributed by atoms with E-state index in [0.29, 0.717) is 32.0 Å². The highest BCUT2D eigenvalue weighted by Crippen LogP contribution is 2.07. The van der Waals surface area contributed by atoms with Crippen molar-refractivity contribution in [3.8, 4) is 0 Å². The maximum Gasteiger partial charge on any atom is 0.271 e. The highest BCUT2D eigenvalue weighted by molar-refractivity contribution is 5.92. The molecule has 6 nitrogen and oxygen atoms in total. The van der Waals surface area contributed by atoms with Crippen LogP contribution in [0, 0.1) is 0 Å². The Labute approximate surface area is 100 Å². The van der Waals surface area contributed by atoms with Gasteiger partial charge in [-0.05, 0) is 12.8 Å². The summed E-state index contributed by atoms with van der Waals surface area (Å²) in [4.78, 5) is 15.9. The molecule has 1 amide bonds. The number of nitrogens with two attached hydrogens (primary N) is 1. The summed E-state index contributed by atoms with van der Waals surface area (Å²) in [6, 6.07) is 0.205. The van der Waals surface area contributed by atoms with Gasteiger partial charge in [0.25, 0.3) is 5.91 Å². The van der Waals surface area contributed by atoms with Gasteiger partial charge >= 0.3 is 0 Å². The van der Waals surface area contributed by atoms with Gasteiger partial charge in [0.1, 0.15) is 5.69 Å². The lowest BCUT2D eigenvalue weighted by Crippen LogP contribution is -2.39. The third kappa shape index (κ3) is 3.28. The highest BCUT2D eigenvalue weighted by atomic mass is 16.5. The van der Waals surface area contributed by atoms with Crippen LogP contribution in [-0.2, 0) is 11.3 Å². The van der Waals surface area contributed by atoms with Crippen molar-refractivity contribution in [2.24, 2.45) is 5.73 Å². The molecule has 6 heteroatoms. The minimum absolute atomic E-state index is 0.118. The van der Waals surface area contributed by atoms with E-state index in [0.717, 1.165) is 12.8 Å². The Balaban J connectivity index is 1.89. The van der Waals surface area contributed by atoms with Gasteiger partial charge in [0.2, 0.25) is 0 Å². The number of ether oxygens (including phenoxy) is 1. The number of nitrogens with zero attached hydrogens (tertiary/aromatic N) is 2. The third-order valence-corrected chi connectivity index (χ3v) is 2.81. The van der Waals surface area contributed by atoms with Gasteiger partial charge in [-0.2, -0.15) is 0 Å². The number of amides is 1. The van der Waals surface area contributed by atoms with Crippen LogP contribution < -0.4 is 11.1 Å². The summed E-state index contributed by atoms with van der Waals surface area (Å²) in [7, 11) is 0. The molecule has 2 rings (SSSR count). The van der Waals surface area contributed by atoms with Crippen molar-refractivity contribution < 1.29 is 9.53 Å². The first-order valence-electron chi connectivity index (χ1n) is 5.90. The van der Waals surface area contributed by atoms with Crippen molar-refractivity contribution in [3.63, 3.8) is 0 Å². The molecule has 1 fully saturated rings. The second-order valence-electron chi connectivity index (χ2n) is 4.15. The fourth-order valence-corrected chi connectivity index (χ4v) is 1.85. The average Bonchev–Trinajstić information content (AvgIpc) is 2.79. The Bertz CT molecular complexity index is 371. The molecule has 0 bridgehead atoms. The molecule has 17 heavy (non-hydrogen) atoms. The Kier molecular flexibility index (Phi) is 4.11. The van der Waals surface area contributed by atoms with Crippen molar-refractivity contribution in [2.75, 3.05) is 19.8 Å². The van der Waals surface area contributed by atoms with E-state index in [1.165, 1.54) is 0 Å². The zero-order chi connectivity index (χ0) is 12.1. The molecular weight excluding hydrogens is 220 g/mol. The van der Waals surface area contributed by atoms with E-state index in [9.17, 15) is 4.79 Å². The van der Waals surface area contributed by atoms with E-state index in [2.05, 4.69) is 10.3 Å². The van der Waals surface area contributed by atoms with E-state index >= 15 is 0 Å². The Morgan fingerprint density at radius 2 is 2.35 bits per heavy atom. The van der Waals surface area contributed by atoms with Crippen molar-refractivity contribution in [1.82, 2.24) is 14.9 Å². The lowest BCUT2D eigenvalue weighted by Gasteiger charge is -2.22. The Hall–Kier alpha value is -1.40. The second kappa shape index (κ2) is 5.79. The first-order valence-corrected chi connectivity index (χ1v) is 5.90. The van der Waals surface area contributed by atoms with Crippen LogP contribution >= 0.6 is 0 Å². The molecule has 0 spiro atoms. The molecule has 3 N–H and O–H groups in total. The monoisotopic (exact) mass is 238 g/mol. The number of rotatable bonds is 4. The molecule has 0 aliphatic carbocycles. The largest absolute Gasteiger partial charge is 0.381 e. The fourth-order valence-electron chi connectivity index (χ4n) is 1.85. The number of carbonyl (C=O) groups excluding carboxylic acids is 1. The van der Waals surface area contributed by atoms with E-state index in [1.54, 1.807) is 12.5 Å².